The van der Waals surface area contributed by atoms with Crippen LogP contribution in [0.5, 0.6) is 5.88 Å². The van der Waals surface area contributed by atoms with Gasteiger partial charge in [-0.3, -0.25) is 4.79 Å². The van der Waals surface area contributed by atoms with Crippen LogP contribution in [-0.2, 0) is 0 Å². The molecule has 4 nitrogen and oxygen atoms in total. The summed E-state index contributed by atoms with van der Waals surface area (Å²) in [5.74, 6) is 0.847. The Hall–Kier alpha value is -0.940. The first-order chi connectivity index (χ1) is 6.81. The Labute approximate surface area is 86.4 Å². The highest BCUT2D eigenvalue weighted by atomic mass is 32.1. The van der Waals surface area contributed by atoms with Crippen LogP contribution in [0.4, 0.5) is 0 Å². The van der Waals surface area contributed by atoms with Gasteiger partial charge in [-0.1, -0.05) is 0 Å². The fourth-order valence-corrected chi connectivity index (χ4v) is 2.28. The first-order valence-electron chi connectivity index (χ1n) is 4.57. The van der Waals surface area contributed by atoms with E-state index in [0.717, 1.165) is 19.5 Å². The van der Waals surface area contributed by atoms with Gasteiger partial charge in [-0.05, 0) is 24.5 Å². The number of ketones is 1. The van der Waals surface area contributed by atoms with E-state index in [-0.39, 0.29) is 11.7 Å². The van der Waals surface area contributed by atoms with Crippen LogP contribution in [0.15, 0.2) is 6.07 Å². The molecule has 0 aliphatic carbocycles. The van der Waals surface area contributed by atoms with Gasteiger partial charge < -0.3 is 10.1 Å². The van der Waals surface area contributed by atoms with E-state index >= 15 is 0 Å². The number of hydrogen-bond donors (Lipinski definition) is 1. The number of ether oxygens (including phenoxy) is 1. The topological polar surface area (TPSA) is 51.2 Å². The molecule has 1 aromatic heterocycles. The van der Waals surface area contributed by atoms with E-state index in [1.807, 2.05) is 0 Å². The Balaban J connectivity index is 2.09. The molecule has 0 amide bonds. The summed E-state index contributed by atoms with van der Waals surface area (Å²) in [6, 6.07) is 1.71. The number of rotatable bonds is 3. The molecule has 1 aromatic rings. The van der Waals surface area contributed by atoms with Crippen LogP contribution in [-0.4, -0.2) is 30.4 Å². The summed E-state index contributed by atoms with van der Waals surface area (Å²) >= 11 is 1.22. The lowest BCUT2D eigenvalue weighted by Gasteiger charge is -2.02. The lowest BCUT2D eigenvalue weighted by atomic mass is 10.0. The maximum absolute atomic E-state index is 11.9. The monoisotopic (exact) mass is 212 g/mol. The second kappa shape index (κ2) is 4.06. The normalized spacial score (nSPS) is 21.1. The SMILES string of the molecule is COc1cc(C(=O)C2CCNC2)sn1. The number of hydrogen-bond acceptors (Lipinski definition) is 5. The summed E-state index contributed by atoms with van der Waals surface area (Å²) in [5.41, 5.74) is 0. The van der Waals surface area contributed by atoms with Crippen molar-refractivity contribution in [2.75, 3.05) is 20.2 Å². The molecular formula is C9H12N2O2S. The molecule has 1 saturated heterocycles. The summed E-state index contributed by atoms with van der Waals surface area (Å²) in [7, 11) is 1.56. The quantitative estimate of drug-likeness (QED) is 0.758. The van der Waals surface area contributed by atoms with Gasteiger partial charge in [0.25, 0.3) is 0 Å². The van der Waals surface area contributed by atoms with E-state index in [9.17, 15) is 4.79 Å². The van der Waals surface area contributed by atoms with Crippen molar-refractivity contribution in [3.63, 3.8) is 0 Å². The van der Waals surface area contributed by atoms with Gasteiger partial charge in [0.2, 0.25) is 5.88 Å². The van der Waals surface area contributed by atoms with Gasteiger partial charge in [-0.25, -0.2) is 0 Å². The van der Waals surface area contributed by atoms with E-state index in [1.165, 1.54) is 11.5 Å². The molecule has 1 atom stereocenters. The summed E-state index contributed by atoms with van der Waals surface area (Å²) in [6.45, 7) is 1.73. The Morgan fingerprint density at radius 2 is 2.64 bits per heavy atom. The molecular weight excluding hydrogens is 200 g/mol. The lowest BCUT2D eigenvalue weighted by molar-refractivity contribution is 0.0934. The first-order valence-corrected chi connectivity index (χ1v) is 5.34. The fourth-order valence-electron chi connectivity index (χ4n) is 1.55. The molecule has 14 heavy (non-hydrogen) atoms. The molecule has 2 rings (SSSR count). The van der Waals surface area contributed by atoms with Crippen molar-refractivity contribution >= 4 is 17.3 Å². The minimum absolute atomic E-state index is 0.125. The zero-order chi connectivity index (χ0) is 9.97. The zero-order valence-electron chi connectivity index (χ0n) is 7.95. The van der Waals surface area contributed by atoms with E-state index in [2.05, 4.69) is 9.69 Å². The number of carbonyl (C=O) groups is 1. The van der Waals surface area contributed by atoms with Crippen LogP contribution in [0.25, 0.3) is 0 Å². The summed E-state index contributed by atoms with van der Waals surface area (Å²) in [4.78, 5) is 12.6. The molecule has 1 unspecified atom stereocenters. The van der Waals surface area contributed by atoms with E-state index in [0.29, 0.717) is 10.8 Å². The number of aromatic nitrogens is 1. The van der Waals surface area contributed by atoms with Crippen LogP contribution in [0, 0.1) is 5.92 Å². The van der Waals surface area contributed by atoms with Crippen LogP contribution >= 0.6 is 11.5 Å². The van der Waals surface area contributed by atoms with Crippen LogP contribution in [0.1, 0.15) is 16.1 Å². The molecule has 0 saturated carbocycles. The predicted molar refractivity (Wildman–Crippen MR) is 54.0 cm³/mol. The van der Waals surface area contributed by atoms with Gasteiger partial charge >= 0.3 is 0 Å². The second-order valence-corrected chi connectivity index (χ2v) is 4.09. The average Bonchev–Trinajstić information content (AvgIpc) is 2.88. The highest BCUT2D eigenvalue weighted by molar-refractivity contribution is 7.08. The van der Waals surface area contributed by atoms with Gasteiger partial charge in [0.1, 0.15) is 0 Å². The molecule has 5 heteroatoms. The predicted octanol–water partition coefficient (Wildman–Crippen LogP) is 0.944. The molecule has 76 valence electrons. The standard InChI is InChI=1S/C9H12N2O2S/c1-13-8-4-7(14-11-8)9(12)6-2-3-10-5-6/h4,6,10H,2-3,5H2,1H3. The van der Waals surface area contributed by atoms with Crippen molar-refractivity contribution in [3.8, 4) is 5.88 Å². The van der Waals surface area contributed by atoms with Crippen LogP contribution < -0.4 is 10.1 Å². The number of nitrogens with zero attached hydrogens (tertiary/aromatic N) is 1. The highest BCUT2D eigenvalue weighted by Gasteiger charge is 2.25. The fraction of sp³-hybridized carbons (Fsp3) is 0.556. The molecule has 0 spiro atoms. The smallest absolute Gasteiger partial charge is 0.225 e. The molecule has 1 aliphatic rings. The number of nitrogens with one attached hydrogen (secondary N) is 1. The minimum atomic E-state index is 0.125. The molecule has 0 bridgehead atoms. The van der Waals surface area contributed by atoms with Crippen molar-refractivity contribution in [2.24, 2.45) is 5.92 Å². The lowest BCUT2D eigenvalue weighted by Crippen LogP contribution is -2.16. The molecule has 0 aromatic carbocycles. The highest BCUT2D eigenvalue weighted by Crippen LogP contribution is 2.22. The molecule has 2 heterocycles. The van der Waals surface area contributed by atoms with Crippen molar-refractivity contribution in [1.29, 1.82) is 0 Å². The Kier molecular flexibility index (Phi) is 2.79. The van der Waals surface area contributed by atoms with Gasteiger partial charge in [-0.2, -0.15) is 4.37 Å². The van der Waals surface area contributed by atoms with Crippen molar-refractivity contribution in [2.45, 2.75) is 6.42 Å². The summed E-state index contributed by atoms with van der Waals surface area (Å²) in [5, 5.41) is 3.18. The van der Waals surface area contributed by atoms with Crippen LogP contribution in [0.3, 0.4) is 0 Å². The minimum Gasteiger partial charge on any atom is -0.480 e. The third-order valence-electron chi connectivity index (χ3n) is 2.37. The second-order valence-electron chi connectivity index (χ2n) is 3.29. The van der Waals surface area contributed by atoms with Gasteiger partial charge in [0.15, 0.2) is 5.78 Å². The van der Waals surface area contributed by atoms with E-state index in [4.69, 9.17) is 4.74 Å². The maximum atomic E-state index is 11.9. The van der Waals surface area contributed by atoms with E-state index < -0.39 is 0 Å². The molecule has 1 aliphatic heterocycles. The summed E-state index contributed by atoms with van der Waals surface area (Å²) in [6.07, 6.45) is 0.930. The van der Waals surface area contributed by atoms with Gasteiger partial charge in [-0.15, -0.1) is 0 Å². The zero-order valence-corrected chi connectivity index (χ0v) is 8.76. The molecule has 0 radical (unpaired) electrons. The van der Waals surface area contributed by atoms with Crippen molar-refractivity contribution in [3.05, 3.63) is 10.9 Å². The summed E-state index contributed by atoms with van der Waals surface area (Å²) < 4.78 is 8.94. The average molecular weight is 212 g/mol. The Morgan fingerprint density at radius 3 is 3.21 bits per heavy atom. The third kappa shape index (κ3) is 1.78. The van der Waals surface area contributed by atoms with Gasteiger partial charge in [0, 0.05) is 18.5 Å². The Bertz CT molecular complexity index is 331. The number of methoxy groups -OCH3 is 1. The first kappa shape index (κ1) is 9.61. The van der Waals surface area contributed by atoms with Crippen LogP contribution in [0.2, 0.25) is 0 Å². The van der Waals surface area contributed by atoms with E-state index in [1.54, 1.807) is 13.2 Å². The number of carbonyl (C=O) groups excluding carboxylic acids is 1. The largest absolute Gasteiger partial charge is 0.480 e. The van der Waals surface area contributed by atoms with Crippen molar-refractivity contribution in [1.82, 2.24) is 9.69 Å². The molecule has 1 fully saturated rings. The van der Waals surface area contributed by atoms with Gasteiger partial charge in [0.05, 0.1) is 12.0 Å². The van der Waals surface area contributed by atoms with Crippen molar-refractivity contribution < 1.29 is 9.53 Å². The Morgan fingerprint density at radius 1 is 1.79 bits per heavy atom. The molecule has 1 N–H and O–H groups in total. The maximum Gasteiger partial charge on any atom is 0.225 e. The number of Topliss-reactive ketones (excluding diaryl/α,β-unsaturated/α-hetero) is 1. The third-order valence-corrected chi connectivity index (χ3v) is 3.16.